The highest BCUT2D eigenvalue weighted by atomic mass is 16.5. The van der Waals surface area contributed by atoms with Gasteiger partial charge < -0.3 is 19.9 Å². The van der Waals surface area contributed by atoms with E-state index in [0.29, 0.717) is 23.8 Å². The molecule has 0 spiro atoms. The first-order valence-electron chi connectivity index (χ1n) is 13.4. The Morgan fingerprint density at radius 2 is 1.68 bits per heavy atom. The van der Waals surface area contributed by atoms with Crippen LogP contribution in [-0.2, 0) is 19.1 Å². The van der Waals surface area contributed by atoms with Crippen molar-refractivity contribution in [1.29, 1.82) is 0 Å². The molecule has 2 aromatic carbocycles. The number of aromatic nitrogens is 2. The molecule has 3 aromatic rings. The molecule has 9 heteroatoms. The van der Waals surface area contributed by atoms with E-state index in [1.165, 1.54) is 0 Å². The number of esters is 1. The third-order valence-electron chi connectivity index (χ3n) is 7.55. The highest BCUT2D eigenvalue weighted by molar-refractivity contribution is 5.94. The number of amides is 1. The van der Waals surface area contributed by atoms with Gasteiger partial charge in [-0.25, -0.2) is 9.78 Å². The summed E-state index contributed by atoms with van der Waals surface area (Å²) in [7, 11) is 0. The number of carbonyl (C=O) groups excluding carboxylic acids is 2. The van der Waals surface area contributed by atoms with Crippen molar-refractivity contribution in [2.75, 3.05) is 6.61 Å². The number of rotatable bonds is 10. The average Bonchev–Trinajstić information content (AvgIpc) is 3.52. The summed E-state index contributed by atoms with van der Waals surface area (Å²) in [6, 6.07) is 20.8. The number of nitrogens with zero attached hydrogens (tertiary/aromatic N) is 2. The van der Waals surface area contributed by atoms with Crippen LogP contribution in [0.2, 0.25) is 0 Å². The summed E-state index contributed by atoms with van der Waals surface area (Å²) in [6.45, 7) is 5.61. The van der Waals surface area contributed by atoms with Crippen molar-refractivity contribution in [2.45, 2.75) is 37.8 Å². The SMILES string of the molecule is C=CC1CC1(NC(=O)C1CC(Oc2cc(-c3ccccc3)nc(-c3ccccc3)n2)CC1C(=O)O)C(=O)OCC. The molecular formula is C31H31N3O6. The van der Waals surface area contributed by atoms with Gasteiger partial charge in [-0.15, -0.1) is 6.58 Å². The average molecular weight is 542 g/mol. The molecule has 1 heterocycles. The number of carboxylic acid groups (broad SMARTS) is 1. The van der Waals surface area contributed by atoms with Crippen LogP contribution in [0.5, 0.6) is 5.88 Å². The smallest absolute Gasteiger partial charge is 0.332 e. The van der Waals surface area contributed by atoms with Gasteiger partial charge in [0.15, 0.2) is 5.82 Å². The molecule has 0 radical (unpaired) electrons. The minimum Gasteiger partial charge on any atom is -0.481 e. The summed E-state index contributed by atoms with van der Waals surface area (Å²) in [5.41, 5.74) is 1.15. The Bertz CT molecular complexity index is 1360. The van der Waals surface area contributed by atoms with Crippen molar-refractivity contribution in [3.05, 3.63) is 79.4 Å². The van der Waals surface area contributed by atoms with E-state index in [1.807, 2.05) is 60.7 Å². The maximum absolute atomic E-state index is 13.4. The van der Waals surface area contributed by atoms with E-state index in [9.17, 15) is 19.5 Å². The molecule has 2 aliphatic rings. The first kappa shape index (κ1) is 27.1. The van der Waals surface area contributed by atoms with Crippen LogP contribution in [0.1, 0.15) is 26.2 Å². The van der Waals surface area contributed by atoms with E-state index in [1.54, 1.807) is 19.1 Å². The van der Waals surface area contributed by atoms with Gasteiger partial charge in [-0.05, 0) is 26.2 Å². The Balaban J connectivity index is 1.38. The maximum atomic E-state index is 13.4. The molecule has 2 N–H and O–H groups in total. The molecule has 2 fully saturated rings. The van der Waals surface area contributed by atoms with E-state index < -0.39 is 41.3 Å². The number of carboxylic acids is 1. The minimum atomic E-state index is -1.20. The van der Waals surface area contributed by atoms with E-state index in [-0.39, 0.29) is 25.4 Å². The molecule has 2 aliphatic carbocycles. The number of aliphatic carboxylic acids is 1. The zero-order valence-electron chi connectivity index (χ0n) is 22.2. The molecule has 0 saturated heterocycles. The monoisotopic (exact) mass is 541 g/mol. The number of hydrogen-bond donors (Lipinski definition) is 2. The van der Waals surface area contributed by atoms with Gasteiger partial charge in [-0.2, -0.15) is 4.98 Å². The van der Waals surface area contributed by atoms with Gasteiger partial charge >= 0.3 is 11.9 Å². The molecule has 0 bridgehead atoms. The summed E-state index contributed by atoms with van der Waals surface area (Å²) >= 11 is 0. The quantitative estimate of drug-likeness (QED) is 0.287. The van der Waals surface area contributed by atoms with Crippen LogP contribution < -0.4 is 10.1 Å². The van der Waals surface area contributed by atoms with Crippen LogP contribution in [0.4, 0.5) is 0 Å². The van der Waals surface area contributed by atoms with E-state index >= 15 is 0 Å². The molecule has 1 amide bonds. The van der Waals surface area contributed by atoms with Crippen LogP contribution in [0, 0.1) is 17.8 Å². The highest BCUT2D eigenvalue weighted by Gasteiger charge is 2.62. The lowest BCUT2D eigenvalue weighted by atomic mass is 9.94. The number of benzene rings is 2. The number of nitrogens with one attached hydrogen (secondary N) is 1. The molecule has 40 heavy (non-hydrogen) atoms. The Hall–Kier alpha value is -4.53. The van der Waals surface area contributed by atoms with Crippen molar-refractivity contribution >= 4 is 17.8 Å². The van der Waals surface area contributed by atoms with E-state index in [0.717, 1.165) is 11.1 Å². The molecule has 5 unspecified atom stereocenters. The fourth-order valence-corrected chi connectivity index (χ4v) is 5.35. The Labute approximate surface area is 232 Å². The van der Waals surface area contributed by atoms with Crippen LogP contribution >= 0.6 is 0 Å². The van der Waals surface area contributed by atoms with Gasteiger partial charge in [0.05, 0.1) is 24.1 Å². The summed E-state index contributed by atoms with van der Waals surface area (Å²) in [5.74, 6) is -3.49. The second-order valence-corrected chi connectivity index (χ2v) is 10.1. The molecule has 9 nitrogen and oxygen atoms in total. The fraction of sp³-hybridized carbons (Fsp3) is 0.323. The van der Waals surface area contributed by atoms with Gasteiger partial charge in [0.1, 0.15) is 11.6 Å². The van der Waals surface area contributed by atoms with Crippen LogP contribution in [0.25, 0.3) is 22.6 Å². The minimum absolute atomic E-state index is 0.121. The van der Waals surface area contributed by atoms with Gasteiger partial charge in [-0.3, -0.25) is 9.59 Å². The van der Waals surface area contributed by atoms with E-state index in [4.69, 9.17) is 14.5 Å². The molecule has 0 aliphatic heterocycles. The fourth-order valence-electron chi connectivity index (χ4n) is 5.35. The number of ether oxygens (including phenoxy) is 2. The zero-order valence-corrected chi connectivity index (χ0v) is 22.2. The van der Waals surface area contributed by atoms with Crippen LogP contribution in [0.15, 0.2) is 79.4 Å². The van der Waals surface area contributed by atoms with Crippen molar-refractivity contribution in [3.63, 3.8) is 0 Å². The summed E-state index contributed by atoms with van der Waals surface area (Å²) in [5, 5.41) is 12.7. The van der Waals surface area contributed by atoms with Gasteiger partial charge in [0, 0.05) is 23.1 Å². The topological polar surface area (TPSA) is 128 Å². The van der Waals surface area contributed by atoms with Crippen LogP contribution in [0.3, 0.4) is 0 Å². The summed E-state index contributed by atoms with van der Waals surface area (Å²) < 4.78 is 11.4. The molecule has 5 atom stereocenters. The van der Waals surface area contributed by atoms with Crippen molar-refractivity contribution in [2.24, 2.45) is 17.8 Å². The van der Waals surface area contributed by atoms with Crippen molar-refractivity contribution in [3.8, 4) is 28.5 Å². The van der Waals surface area contributed by atoms with Gasteiger partial charge in [0.25, 0.3) is 0 Å². The predicted molar refractivity (Wildman–Crippen MR) is 147 cm³/mol. The molecular weight excluding hydrogens is 510 g/mol. The Morgan fingerprint density at radius 3 is 2.27 bits per heavy atom. The maximum Gasteiger partial charge on any atom is 0.332 e. The zero-order chi connectivity index (χ0) is 28.3. The van der Waals surface area contributed by atoms with E-state index in [2.05, 4.69) is 16.9 Å². The van der Waals surface area contributed by atoms with Crippen molar-refractivity contribution in [1.82, 2.24) is 15.3 Å². The van der Waals surface area contributed by atoms with Gasteiger partial charge in [0.2, 0.25) is 11.8 Å². The Morgan fingerprint density at radius 1 is 1.02 bits per heavy atom. The normalized spacial score (nSPS) is 25.0. The van der Waals surface area contributed by atoms with Gasteiger partial charge in [-0.1, -0.05) is 66.7 Å². The second-order valence-electron chi connectivity index (χ2n) is 10.1. The molecule has 206 valence electrons. The summed E-state index contributed by atoms with van der Waals surface area (Å²) in [4.78, 5) is 47.5. The highest BCUT2D eigenvalue weighted by Crippen LogP contribution is 2.46. The number of hydrogen-bond acceptors (Lipinski definition) is 7. The largest absolute Gasteiger partial charge is 0.481 e. The lowest BCUT2D eigenvalue weighted by molar-refractivity contribution is -0.150. The molecule has 5 rings (SSSR count). The lowest BCUT2D eigenvalue weighted by Crippen LogP contribution is -2.49. The predicted octanol–water partition coefficient (Wildman–Crippen LogP) is 4.29. The van der Waals surface area contributed by atoms with Crippen molar-refractivity contribution < 1.29 is 29.0 Å². The molecule has 2 saturated carbocycles. The first-order chi connectivity index (χ1) is 19.3. The number of carbonyl (C=O) groups is 3. The van der Waals surface area contributed by atoms with Crippen LogP contribution in [-0.4, -0.2) is 51.2 Å². The molecule has 1 aromatic heterocycles. The third kappa shape index (κ3) is 5.45. The summed E-state index contributed by atoms with van der Waals surface area (Å²) in [6.07, 6.45) is 1.68. The first-order valence-corrected chi connectivity index (χ1v) is 13.4. The standard InChI is InChI=1S/C31H31N3O6/c1-3-21-18-31(21,30(38)39-4-2)34-28(35)23-15-22(16-24(23)29(36)37)40-26-17-25(19-11-7-5-8-12-19)32-27(33-26)20-13-9-6-10-14-20/h3,5-14,17,21-24H,1,4,15-16,18H2,2H3,(H,34,35)(H,36,37). The third-order valence-corrected chi connectivity index (χ3v) is 7.55. The lowest BCUT2D eigenvalue weighted by Gasteiger charge is -2.21. The Kier molecular flexibility index (Phi) is 7.64. The second kappa shape index (κ2) is 11.3.